The van der Waals surface area contributed by atoms with Crippen molar-refractivity contribution in [2.45, 2.75) is 19.9 Å². The van der Waals surface area contributed by atoms with Crippen LogP contribution in [0.25, 0.3) is 0 Å². The van der Waals surface area contributed by atoms with Crippen LogP contribution in [0, 0.1) is 13.8 Å². The molecule has 4 rings (SSSR count). The molecule has 0 bridgehead atoms. The predicted molar refractivity (Wildman–Crippen MR) is 127 cm³/mol. The lowest BCUT2D eigenvalue weighted by Crippen LogP contribution is -2.43. The van der Waals surface area contributed by atoms with Crippen LogP contribution in [0.5, 0.6) is 11.5 Å². The van der Waals surface area contributed by atoms with Crippen molar-refractivity contribution in [3.05, 3.63) is 50.7 Å². The third-order valence-electron chi connectivity index (χ3n) is 6.14. The first kappa shape index (κ1) is 24.2. The zero-order valence-corrected chi connectivity index (χ0v) is 20.6. The Balaban J connectivity index is 1.74. The van der Waals surface area contributed by atoms with Crippen molar-refractivity contribution in [2.75, 3.05) is 53.6 Å². The molecule has 3 heterocycles. The van der Waals surface area contributed by atoms with Crippen molar-refractivity contribution in [1.82, 2.24) is 14.8 Å². The van der Waals surface area contributed by atoms with Crippen LogP contribution < -0.4 is 9.47 Å². The van der Waals surface area contributed by atoms with Crippen LogP contribution in [0.15, 0.2) is 29.5 Å². The van der Waals surface area contributed by atoms with Crippen molar-refractivity contribution in [1.29, 1.82) is 0 Å². The predicted octanol–water partition coefficient (Wildman–Crippen LogP) is 2.69. The van der Waals surface area contributed by atoms with Crippen molar-refractivity contribution < 1.29 is 28.9 Å². The lowest BCUT2D eigenvalue weighted by atomic mass is 9.94. The molecule has 1 fully saturated rings. The second kappa shape index (κ2) is 10.1. The van der Waals surface area contributed by atoms with Crippen LogP contribution in [-0.2, 0) is 9.53 Å². The number of ether oxygens (including phenoxy) is 3. The van der Waals surface area contributed by atoms with Crippen LogP contribution in [0.1, 0.15) is 32.0 Å². The van der Waals surface area contributed by atoms with E-state index in [9.17, 15) is 14.7 Å². The first-order valence-electron chi connectivity index (χ1n) is 11.1. The highest BCUT2D eigenvalue weighted by molar-refractivity contribution is 7.14. The first-order valence-corrected chi connectivity index (χ1v) is 11.9. The molecule has 2 aliphatic heterocycles. The number of amides is 1. The number of hydrogen-bond acceptors (Lipinski definition) is 9. The molecule has 1 saturated heterocycles. The van der Waals surface area contributed by atoms with Crippen LogP contribution in [0.3, 0.4) is 0 Å². The van der Waals surface area contributed by atoms with Gasteiger partial charge >= 0.3 is 0 Å². The number of aromatic nitrogens is 1. The molecule has 1 amide bonds. The topological polar surface area (TPSA) is 101 Å². The van der Waals surface area contributed by atoms with Crippen molar-refractivity contribution in [2.24, 2.45) is 0 Å². The molecule has 9 nitrogen and oxygen atoms in total. The van der Waals surface area contributed by atoms with Crippen LogP contribution in [0.2, 0.25) is 0 Å². The van der Waals surface area contributed by atoms with Crippen molar-refractivity contribution in [3.63, 3.8) is 0 Å². The molecule has 0 radical (unpaired) electrons. The molecule has 0 aliphatic carbocycles. The van der Waals surface area contributed by atoms with Gasteiger partial charge in [0.1, 0.15) is 0 Å². The van der Waals surface area contributed by atoms with E-state index >= 15 is 0 Å². The number of Topliss-reactive ketones (excluding diaryl/α,β-unsaturated/α-hetero) is 1. The fraction of sp³-hybridized carbons (Fsp3) is 0.458. The van der Waals surface area contributed by atoms with Gasteiger partial charge in [0, 0.05) is 26.2 Å². The number of aryl methyl sites for hydroxylation is 2. The van der Waals surface area contributed by atoms with E-state index in [1.165, 1.54) is 18.4 Å². The zero-order valence-electron chi connectivity index (χ0n) is 19.8. The van der Waals surface area contributed by atoms with Gasteiger partial charge in [-0.25, -0.2) is 4.98 Å². The number of benzene rings is 1. The molecule has 1 atom stereocenters. The quantitative estimate of drug-likeness (QED) is 0.567. The van der Waals surface area contributed by atoms with Gasteiger partial charge in [0.15, 0.2) is 17.3 Å². The SMILES string of the molecule is COc1ccc([C@H]2C(C(=O)c3sc(C)nc3C)=C(O)C(=O)N2CCN2CCOCC2)cc1OC. The molecule has 0 spiro atoms. The molecular formula is C24H29N3O6S. The number of rotatable bonds is 8. The van der Waals surface area contributed by atoms with E-state index in [1.54, 1.807) is 37.1 Å². The van der Waals surface area contributed by atoms with E-state index < -0.39 is 17.7 Å². The van der Waals surface area contributed by atoms with Gasteiger partial charge < -0.3 is 24.2 Å². The first-order chi connectivity index (χ1) is 16.3. The largest absolute Gasteiger partial charge is 0.503 e. The summed E-state index contributed by atoms with van der Waals surface area (Å²) >= 11 is 1.26. The summed E-state index contributed by atoms with van der Waals surface area (Å²) in [6, 6.07) is 4.51. The van der Waals surface area contributed by atoms with Gasteiger partial charge in [0.05, 0.1) is 54.6 Å². The standard InChI is InChI=1S/C24H29N3O6S/c1-14-23(34-15(2)25-14)21(28)19-20(16-5-6-17(31-3)18(13-16)32-4)27(24(30)22(19)29)8-7-26-9-11-33-12-10-26/h5-6,13,20,29H,7-12H2,1-4H3/t20-/m0/s1. The summed E-state index contributed by atoms with van der Waals surface area (Å²) in [5.41, 5.74) is 1.29. The molecule has 1 aromatic heterocycles. The van der Waals surface area contributed by atoms with E-state index in [1.807, 2.05) is 6.92 Å². The molecule has 1 aromatic carbocycles. The normalized spacial score (nSPS) is 19.1. The lowest BCUT2D eigenvalue weighted by molar-refractivity contribution is -0.129. The molecule has 0 saturated carbocycles. The summed E-state index contributed by atoms with van der Waals surface area (Å²) in [4.78, 5) is 35.4. The Labute approximate surface area is 202 Å². The summed E-state index contributed by atoms with van der Waals surface area (Å²) in [6.45, 7) is 7.36. The van der Waals surface area contributed by atoms with Gasteiger partial charge in [0.2, 0.25) is 5.78 Å². The summed E-state index contributed by atoms with van der Waals surface area (Å²) in [5.74, 6) is -0.455. The number of hydrogen-bond donors (Lipinski definition) is 1. The summed E-state index contributed by atoms with van der Waals surface area (Å²) in [6.07, 6.45) is 0. The maximum atomic E-state index is 13.6. The number of carbonyl (C=O) groups is 2. The number of nitrogens with zero attached hydrogens (tertiary/aromatic N) is 3. The summed E-state index contributed by atoms with van der Waals surface area (Å²) in [5, 5.41) is 11.7. The number of thiazole rings is 1. The van der Waals surface area contributed by atoms with Gasteiger partial charge in [0.25, 0.3) is 5.91 Å². The van der Waals surface area contributed by atoms with Gasteiger partial charge in [-0.15, -0.1) is 11.3 Å². The third-order valence-corrected chi connectivity index (χ3v) is 7.21. The van der Waals surface area contributed by atoms with Gasteiger partial charge in [-0.2, -0.15) is 0 Å². The number of methoxy groups -OCH3 is 2. The number of ketones is 1. The lowest BCUT2D eigenvalue weighted by Gasteiger charge is -2.31. The molecule has 0 unspecified atom stereocenters. The second-order valence-electron chi connectivity index (χ2n) is 8.21. The fourth-order valence-electron chi connectivity index (χ4n) is 4.42. The highest BCUT2D eigenvalue weighted by Gasteiger charge is 2.44. The average molecular weight is 488 g/mol. The maximum absolute atomic E-state index is 13.6. The number of aliphatic hydroxyl groups excluding tert-OH is 1. The number of aliphatic hydroxyl groups is 1. The molecule has 2 aliphatic rings. The number of morpholine rings is 1. The smallest absolute Gasteiger partial charge is 0.290 e. The Morgan fingerprint density at radius 1 is 1.18 bits per heavy atom. The summed E-state index contributed by atoms with van der Waals surface area (Å²) in [7, 11) is 3.07. The minimum absolute atomic E-state index is 0.0611. The minimum atomic E-state index is -0.761. The van der Waals surface area contributed by atoms with Crippen LogP contribution >= 0.6 is 11.3 Å². The molecule has 10 heteroatoms. The second-order valence-corrected chi connectivity index (χ2v) is 9.41. The highest BCUT2D eigenvalue weighted by atomic mass is 32.1. The monoisotopic (exact) mass is 487 g/mol. The Hall–Kier alpha value is -2.95. The van der Waals surface area contributed by atoms with Gasteiger partial charge in [-0.05, 0) is 31.5 Å². The Bertz CT molecular complexity index is 1120. The van der Waals surface area contributed by atoms with E-state index in [0.717, 1.165) is 18.1 Å². The minimum Gasteiger partial charge on any atom is -0.503 e. The zero-order chi connectivity index (χ0) is 24.4. The van der Waals surface area contributed by atoms with E-state index in [2.05, 4.69) is 9.88 Å². The maximum Gasteiger partial charge on any atom is 0.290 e. The summed E-state index contributed by atoms with van der Waals surface area (Å²) < 4.78 is 16.2. The van der Waals surface area contributed by atoms with E-state index in [4.69, 9.17) is 14.2 Å². The van der Waals surface area contributed by atoms with Gasteiger partial charge in [-0.3, -0.25) is 14.5 Å². The van der Waals surface area contributed by atoms with E-state index in [0.29, 0.717) is 53.9 Å². The van der Waals surface area contributed by atoms with Gasteiger partial charge in [-0.1, -0.05) is 6.07 Å². The highest BCUT2D eigenvalue weighted by Crippen LogP contribution is 2.42. The van der Waals surface area contributed by atoms with Crippen molar-refractivity contribution in [3.8, 4) is 11.5 Å². The fourth-order valence-corrected chi connectivity index (χ4v) is 5.30. The molecule has 182 valence electrons. The molecule has 34 heavy (non-hydrogen) atoms. The number of carbonyl (C=O) groups excluding carboxylic acids is 2. The Morgan fingerprint density at radius 2 is 1.88 bits per heavy atom. The van der Waals surface area contributed by atoms with Crippen molar-refractivity contribution >= 4 is 23.0 Å². The van der Waals surface area contributed by atoms with E-state index in [-0.39, 0.29) is 11.4 Å². The third kappa shape index (κ3) is 4.53. The Kier molecular flexibility index (Phi) is 7.20. The average Bonchev–Trinajstić information content (AvgIpc) is 3.32. The van der Waals surface area contributed by atoms with Crippen LogP contribution in [0.4, 0.5) is 0 Å². The Morgan fingerprint density at radius 3 is 2.50 bits per heavy atom. The molecule has 2 aromatic rings. The van der Waals surface area contributed by atoms with Crippen LogP contribution in [-0.4, -0.2) is 85.2 Å². The molecular weight excluding hydrogens is 458 g/mol. The molecule has 1 N–H and O–H groups in total.